The first-order valence-corrected chi connectivity index (χ1v) is 9.43. The molecular formula is C21H18F4N4O3. The van der Waals surface area contributed by atoms with Crippen molar-refractivity contribution in [3.05, 3.63) is 59.4 Å². The molecular weight excluding hydrogens is 432 g/mol. The van der Waals surface area contributed by atoms with Crippen molar-refractivity contribution in [3.63, 3.8) is 0 Å². The van der Waals surface area contributed by atoms with Crippen molar-refractivity contribution in [1.82, 2.24) is 4.90 Å². The third kappa shape index (κ3) is 5.08. The van der Waals surface area contributed by atoms with Crippen LogP contribution in [0, 0.1) is 17.1 Å². The summed E-state index contributed by atoms with van der Waals surface area (Å²) in [6.45, 7) is -0.402. The lowest BCUT2D eigenvalue weighted by Gasteiger charge is -2.41. The zero-order valence-corrected chi connectivity index (χ0v) is 16.6. The Hall–Kier alpha value is -3.81. The minimum Gasteiger partial charge on any atom is -0.484 e. The Kier molecular flexibility index (Phi) is 6.53. The van der Waals surface area contributed by atoms with Crippen LogP contribution < -0.4 is 15.4 Å². The molecule has 2 aromatic rings. The molecule has 0 spiro atoms. The molecule has 0 aromatic heterocycles. The minimum absolute atomic E-state index is 0.0145. The number of nitrogens with zero attached hydrogens (tertiary/aromatic N) is 3. The van der Waals surface area contributed by atoms with Crippen LogP contribution in [0.4, 0.5) is 23.2 Å². The van der Waals surface area contributed by atoms with E-state index in [0.29, 0.717) is 0 Å². The topological polar surface area (TPSA) is 99.7 Å². The number of hydrogen-bond acceptors (Lipinski definition) is 5. The molecule has 2 aromatic carbocycles. The SMILES string of the molecule is N#Cc1ccc(N2CCN(C(=O)COc3ccc(F)cc3)C(C(N)=O)C2)cc1C(F)(F)F. The van der Waals surface area contributed by atoms with Crippen LogP contribution in [0.2, 0.25) is 0 Å². The number of nitrogens with two attached hydrogens (primary N) is 1. The molecule has 0 radical (unpaired) electrons. The molecule has 1 aliphatic rings. The van der Waals surface area contributed by atoms with Crippen LogP contribution in [0.5, 0.6) is 5.75 Å². The van der Waals surface area contributed by atoms with Gasteiger partial charge in [0.05, 0.1) is 17.2 Å². The van der Waals surface area contributed by atoms with E-state index in [0.717, 1.165) is 24.3 Å². The van der Waals surface area contributed by atoms with Gasteiger partial charge in [0.1, 0.15) is 17.6 Å². The van der Waals surface area contributed by atoms with E-state index in [1.807, 2.05) is 0 Å². The van der Waals surface area contributed by atoms with Crippen molar-refractivity contribution in [3.8, 4) is 11.8 Å². The number of anilines is 1. The van der Waals surface area contributed by atoms with E-state index in [9.17, 15) is 27.2 Å². The van der Waals surface area contributed by atoms with Gasteiger partial charge in [-0.15, -0.1) is 0 Å². The normalized spacial score (nSPS) is 16.4. The van der Waals surface area contributed by atoms with Gasteiger partial charge in [0.15, 0.2) is 6.61 Å². The maximum atomic E-state index is 13.3. The Morgan fingerprint density at radius 1 is 1.16 bits per heavy atom. The number of alkyl halides is 3. The van der Waals surface area contributed by atoms with Crippen molar-refractivity contribution in [2.45, 2.75) is 12.2 Å². The summed E-state index contributed by atoms with van der Waals surface area (Å²) in [5.74, 6) is -1.58. The molecule has 2 N–H and O–H groups in total. The number of amides is 2. The Bertz CT molecular complexity index is 1050. The fraction of sp³-hybridized carbons (Fsp3) is 0.286. The number of ether oxygens (including phenoxy) is 1. The maximum absolute atomic E-state index is 13.3. The number of hydrogen-bond donors (Lipinski definition) is 1. The van der Waals surface area contributed by atoms with E-state index >= 15 is 0 Å². The number of primary amides is 1. The lowest BCUT2D eigenvalue weighted by Crippen LogP contribution is -2.60. The van der Waals surface area contributed by atoms with Gasteiger partial charge in [-0.3, -0.25) is 9.59 Å². The quantitative estimate of drug-likeness (QED) is 0.705. The average molecular weight is 450 g/mol. The Morgan fingerprint density at radius 2 is 1.84 bits per heavy atom. The first-order chi connectivity index (χ1) is 15.1. The molecule has 7 nitrogen and oxygen atoms in total. The largest absolute Gasteiger partial charge is 0.484 e. The molecule has 32 heavy (non-hydrogen) atoms. The molecule has 11 heteroatoms. The lowest BCUT2D eigenvalue weighted by molar-refractivity contribution is -0.141. The molecule has 0 saturated carbocycles. The van der Waals surface area contributed by atoms with Crippen LogP contribution in [-0.2, 0) is 15.8 Å². The van der Waals surface area contributed by atoms with Gasteiger partial charge in [0.2, 0.25) is 5.91 Å². The van der Waals surface area contributed by atoms with E-state index < -0.39 is 47.6 Å². The third-order valence-corrected chi connectivity index (χ3v) is 5.00. The first-order valence-electron chi connectivity index (χ1n) is 9.43. The molecule has 1 atom stereocenters. The highest BCUT2D eigenvalue weighted by atomic mass is 19.4. The second-order valence-electron chi connectivity index (χ2n) is 7.03. The summed E-state index contributed by atoms with van der Waals surface area (Å²) >= 11 is 0. The van der Waals surface area contributed by atoms with E-state index in [-0.39, 0.29) is 31.1 Å². The van der Waals surface area contributed by atoms with Crippen molar-refractivity contribution >= 4 is 17.5 Å². The fourth-order valence-electron chi connectivity index (χ4n) is 3.38. The van der Waals surface area contributed by atoms with Gasteiger partial charge >= 0.3 is 6.18 Å². The first kappa shape index (κ1) is 22.9. The van der Waals surface area contributed by atoms with Gasteiger partial charge in [-0.05, 0) is 42.5 Å². The maximum Gasteiger partial charge on any atom is 0.417 e. The molecule has 3 rings (SSSR count). The molecule has 2 amide bonds. The average Bonchev–Trinajstić information content (AvgIpc) is 2.77. The zero-order chi connectivity index (χ0) is 23.5. The number of carbonyl (C=O) groups is 2. The van der Waals surface area contributed by atoms with E-state index in [2.05, 4.69) is 0 Å². The smallest absolute Gasteiger partial charge is 0.417 e. The number of halogens is 4. The summed E-state index contributed by atoms with van der Waals surface area (Å²) in [6.07, 6.45) is -4.72. The number of carbonyl (C=O) groups excluding carboxylic acids is 2. The van der Waals surface area contributed by atoms with Crippen LogP contribution in [-0.4, -0.2) is 49.0 Å². The van der Waals surface area contributed by atoms with Crippen LogP contribution in [0.15, 0.2) is 42.5 Å². The molecule has 1 saturated heterocycles. The number of rotatable bonds is 5. The monoisotopic (exact) mass is 450 g/mol. The zero-order valence-electron chi connectivity index (χ0n) is 16.6. The molecule has 1 heterocycles. The van der Waals surface area contributed by atoms with Crippen molar-refractivity contribution < 1.29 is 31.9 Å². The van der Waals surface area contributed by atoms with E-state index in [1.54, 1.807) is 0 Å². The summed E-state index contributed by atoms with van der Waals surface area (Å²) < 4.78 is 58.1. The molecule has 0 aliphatic carbocycles. The van der Waals surface area contributed by atoms with Gasteiger partial charge < -0.3 is 20.3 Å². The second kappa shape index (κ2) is 9.13. The molecule has 168 valence electrons. The van der Waals surface area contributed by atoms with E-state index in [4.69, 9.17) is 15.7 Å². The van der Waals surface area contributed by atoms with Gasteiger partial charge in [0, 0.05) is 25.3 Å². The summed E-state index contributed by atoms with van der Waals surface area (Å²) in [6, 6.07) is 8.67. The Balaban J connectivity index is 1.74. The van der Waals surface area contributed by atoms with Crippen LogP contribution in [0.3, 0.4) is 0 Å². The highest BCUT2D eigenvalue weighted by Gasteiger charge is 2.37. The fourth-order valence-corrected chi connectivity index (χ4v) is 3.38. The predicted octanol–water partition coefficient (Wildman–Crippen LogP) is 2.30. The highest BCUT2D eigenvalue weighted by Crippen LogP contribution is 2.35. The van der Waals surface area contributed by atoms with Crippen LogP contribution in [0.1, 0.15) is 11.1 Å². The summed E-state index contributed by atoms with van der Waals surface area (Å²) in [5.41, 5.74) is 3.99. The van der Waals surface area contributed by atoms with Crippen LogP contribution >= 0.6 is 0 Å². The van der Waals surface area contributed by atoms with Crippen LogP contribution in [0.25, 0.3) is 0 Å². The predicted molar refractivity (Wildman–Crippen MR) is 105 cm³/mol. The van der Waals surface area contributed by atoms with Gasteiger partial charge in [0.25, 0.3) is 5.91 Å². The minimum atomic E-state index is -4.72. The summed E-state index contributed by atoms with van der Waals surface area (Å²) in [5, 5.41) is 8.94. The standard InChI is InChI=1S/C21H18F4N4O3/c22-14-2-5-16(6-3-14)32-12-19(30)29-8-7-28(11-18(29)20(27)31)15-4-1-13(10-26)17(9-15)21(23,24)25/h1-6,9,18H,7-8,11-12H2,(H2,27,31). The Morgan fingerprint density at radius 3 is 2.44 bits per heavy atom. The van der Waals surface area contributed by atoms with Crippen molar-refractivity contribution in [1.29, 1.82) is 5.26 Å². The van der Waals surface area contributed by atoms with Gasteiger partial charge in [-0.1, -0.05) is 0 Å². The highest BCUT2D eigenvalue weighted by molar-refractivity contribution is 5.88. The molecule has 1 unspecified atom stereocenters. The van der Waals surface area contributed by atoms with Gasteiger partial charge in [-0.25, -0.2) is 4.39 Å². The second-order valence-corrected chi connectivity index (χ2v) is 7.03. The number of nitriles is 1. The molecule has 1 aliphatic heterocycles. The van der Waals surface area contributed by atoms with Gasteiger partial charge in [-0.2, -0.15) is 18.4 Å². The summed E-state index contributed by atoms with van der Waals surface area (Å²) in [4.78, 5) is 27.3. The van der Waals surface area contributed by atoms with E-state index in [1.165, 1.54) is 34.1 Å². The summed E-state index contributed by atoms with van der Waals surface area (Å²) in [7, 11) is 0. The molecule has 1 fully saturated rings. The number of piperazine rings is 1. The third-order valence-electron chi connectivity index (χ3n) is 5.00. The Labute approximate surface area is 180 Å². The molecule has 0 bridgehead atoms. The van der Waals surface area contributed by atoms with Crippen molar-refractivity contribution in [2.24, 2.45) is 5.73 Å². The lowest BCUT2D eigenvalue weighted by atomic mass is 10.0. The number of benzene rings is 2. The van der Waals surface area contributed by atoms with Crippen molar-refractivity contribution in [2.75, 3.05) is 31.1 Å².